The van der Waals surface area contributed by atoms with Gasteiger partial charge in [0.05, 0.1) is 6.61 Å². The summed E-state index contributed by atoms with van der Waals surface area (Å²) in [5.41, 5.74) is 5.49. The van der Waals surface area contributed by atoms with Crippen molar-refractivity contribution in [3.05, 3.63) is 70.5 Å². The number of carbonyl (C=O) groups excluding carboxylic acids is 1. The summed E-state index contributed by atoms with van der Waals surface area (Å²) in [6.07, 6.45) is 4.41. The van der Waals surface area contributed by atoms with Crippen LogP contribution in [0.3, 0.4) is 0 Å². The Morgan fingerprint density at radius 2 is 1.92 bits per heavy atom. The van der Waals surface area contributed by atoms with Crippen molar-refractivity contribution in [3.63, 3.8) is 0 Å². The van der Waals surface area contributed by atoms with Crippen molar-refractivity contribution in [2.75, 3.05) is 6.61 Å². The lowest BCUT2D eigenvalue weighted by molar-refractivity contribution is -0.105. The molecule has 2 nitrogen and oxygen atoms in total. The van der Waals surface area contributed by atoms with Gasteiger partial charge in [0.2, 0.25) is 0 Å². The first-order chi connectivity index (χ1) is 11.7. The number of aldehydes is 1. The fourth-order valence-electron chi connectivity index (χ4n) is 3.13. The van der Waals surface area contributed by atoms with Crippen molar-refractivity contribution in [2.45, 2.75) is 32.6 Å². The van der Waals surface area contributed by atoms with Crippen LogP contribution in [0.15, 0.2) is 48.0 Å². The van der Waals surface area contributed by atoms with E-state index in [0.717, 1.165) is 60.0 Å². The number of hydrogen-bond donors (Lipinski definition) is 0. The molecular formula is C21H21FO2. The Balaban J connectivity index is 1.56. The van der Waals surface area contributed by atoms with E-state index in [4.69, 9.17) is 4.74 Å². The minimum absolute atomic E-state index is 0.203. The van der Waals surface area contributed by atoms with Gasteiger partial charge in [-0.15, -0.1) is 0 Å². The third-order valence-electron chi connectivity index (χ3n) is 4.56. The summed E-state index contributed by atoms with van der Waals surface area (Å²) in [5.74, 6) is 0.668. The molecule has 3 heteroatoms. The van der Waals surface area contributed by atoms with E-state index in [1.165, 1.54) is 17.7 Å². The number of hydrogen-bond acceptors (Lipinski definition) is 2. The van der Waals surface area contributed by atoms with Gasteiger partial charge in [-0.2, -0.15) is 0 Å². The number of allylic oxidation sites excluding steroid dienone is 2. The van der Waals surface area contributed by atoms with E-state index >= 15 is 0 Å². The minimum atomic E-state index is -0.203. The molecule has 0 bridgehead atoms. The topological polar surface area (TPSA) is 26.3 Å². The molecule has 0 atom stereocenters. The van der Waals surface area contributed by atoms with Crippen LogP contribution in [-0.2, 0) is 17.6 Å². The van der Waals surface area contributed by atoms with E-state index in [1.54, 1.807) is 0 Å². The van der Waals surface area contributed by atoms with Crippen LogP contribution in [-0.4, -0.2) is 12.9 Å². The molecule has 0 saturated carbocycles. The van der Waals surface area contributed by atoms with Crippen molar-refractivity contribution in [2.24, 2.45) is 0 Å². The summed E-state index contributed by atoms with van der Waals surface area (Å²) >= 11 is 0. The number of aryl methyl sites for hydroxylation is 2. The number of halogens is 1. The molecule has 2 aromatic rings. The van der Waals surface area contributed by atoms with Crippen LogP contribution in [0.25, 0.3) is 5.57 Å². The van der Waals surface area contributed by atoms with E-state index < -0.39 is 0 Å². The van der Waals surface area contributed by atoms with Gasteiger partial charge in [-0.25, -0.2) is 4.39 Å². The molecule has 0 N–H and O–H groups in total. The smallest absolute Gasteiger partial charge is 0.146 e. The molecule has 0 amide bonds. The molecule has 1 aliphatic rings. The highest BCUT2D eigenvalue weighted by Gasteiger charge is 2.16. The zero-order valence-corrected chi connectivity index (χ0v) is 13.8. The van der Waals surface area contributed by atoms with Gasteiger partial charge in [-0.3, -0.25) is 4.79 Å². The van der Waals surface area contributed by atoms with Gasteiger partial charge in [0.1, 0.15) is 17.9 Å². The van der Waals surface area contributed by atoms with Crippen molar-refractivity contribution >= 4 is 11.9 Å². The van der Waals surface area contributed by atoms with Crippen LogP contribution in [0.1, 0.15) is 36.5 Å². The molecule has 0 aliphatic heterocycles. The molecule has 1 aliphatic carbocycles. The van der Waals surface area contributed by atoms with Gasteiger partial charge in [0, 0.05) is 0 Å². The van der Waals surface area contributed by atoms with Gasteiger partial charge in [0.15, 0.2) is 0 Å². The summed E-state index contributed by atoms with van der Waals surface area (Å²) in [7, 11) is 0. The van der Waals surface area contributed by atoms with Gasteiger partial charge in [-0.1, -0.05) is 18.2 Å². The summed E-state index contributed by atoms with van der Waals surface area (Å²) < 4.78 is 18.7. The average Bonchev–Trinajstić information content (AvgIpc) is 2.60. The molecule has 0 aromatic heterocycles. The SMILES string of the molecule is CC1=C(C=O)CCc2cc(OCCCc3ccc(F)cc3)ccc21. The van der Waals surface area contributed by atoms with Crippen LogP contribution in [0.2, 0.25) is 0 Å². The van der Waals surface area contributed by atoms with Gasteiger partial charge >= 0.3 is 0 Å². The van der Waals surface area contributed by atoms with E-state index in [1.807, 2.05) is 31.2 Å². The highest BCUT2D eigenvalue weighted by Crippen LogP contribution is 2.32. The summed E-state index contributed by atoms with van der Waals surface area (Å²) in [4.78, 5) is 11.1. The monoisotopic (exact) mass is 324 g/mol. The first-order valence-electron chi connectivity index (χ1n) is 8.33. The molecule has 0 fully saturated rings. The summed E-state index contributed by atoms with van der Waals surface area (Å²) in [6.45, 7) is 2.63. The molecule has 0 unspecified atom stereocenters. The Morgan fingerprint density at radius 1 is 1.12 bits per heavy atom. The maximum Gasteiger partial charge on any atom is 0.146 e. The van der Waals surface area contributed by atoms with E-state index in [-0.39, 0.29) is 5.82 Å². The molecule has 3 rings (SSSR count). The predicted octanol–water partition coefficient (Wildman–Crippen LogP) is 4.76. The van der Waals surface area contributed by atoms with Crippen LogP contribution >= 0.6 is 0 Å². The number of carbonyl (C=O) groups is 1. The second kappa shape index (κ2) is 7.43. The first-order valence-corrected chi connectivity index (χ1v) is 8.33. The number of ether oxygens (including phenoxy) is 1. The Hall–Kier alpha value is -2.42. The second-order valence-corrected chi connectivity index (χ2v) is 6.17. The fourth-order valence-corrected chi connectivity index (χ4v) is 3.13. The van der Waals surface area contributed by atoms with Gasteiger partial charge < -0.3 is 4.74 Å². The summed E-state index contributed by atoms with van der Waals surface area (Å²) in [5, 5.41) is 0. The van der Waals surface area contributed by atoms with Crippen molar-refractivity contribution < 1.29 is 13.9 Å². The lowest BCUT2D eigenvalue weighted by Gasteiger charge is -2.19. The zero-order valence-electron chi connectivity index (χ0n) is 13.8. The Labute approximate surface area is 142 Å². The average molecular weight is 324 g/mol. The van der Waals surface area contributed by atoms with E-state index in [9.17, 15) is 9.18 Å². The zero-order chi connectivity index (χ0) is 16.9. The fraction of sp³-hybridized carbons (Fsp3) is 0.286. The molecule has 2 aromatic carbocycles. The van der Waals surface area contributed by atoms with Crippen LogP contribution in [0, 0.1) is 5.82 Å². The minimum Gasteiger partial charge on any atom is -0.494 e. The van der Waals surface area contributed by atoms with Crippen molar-refractivity contribution in [3.8, 4) is 5.75 Å². The van der Waals surface area contributed by atoms with E-state index in [2.05, 4.69) is 6.07 Å². The summed E-state index contributed by atoms with van der Waals surface area (Å²) in [6, 6.07) is 12.7. The number of benzene rings is 2. The normalized spacial score (nSPS) is 13.6. The number of rotatable bonds is 6. The Kier molecular flexibility index (Phi) is 5.09. The molecular weight excluding hydrogens is 303 g/mol. The number of fused-ring (bicyclic) bond motifs is 1. The highest BCUT2D eigenvalue weighted by atomic mass is 19.1. The van der Waals surface area contributed by atoms with Crippen molar-refractivity contribution in [1.29, 1.82) is 0 Å². The third-order valence-corrected chi connectivity index (χ3v) is 4.56. The molecule has 0 spiro atoms. The largest absolute Gasteiger partial charge is 0.494 e. The lowest BCUT2D eigenvalue weighted by Crippen LogP contribution is -2.06. The van der Waals surface area contributed by atoms with Crippen LogP contribution < -0.4 is 4.74 Å². The Bertz CT molecular complexity index is 760. The standard InChI is InChI=1S/C21H21FO2/c1-15-18(14-23)7-6-17-13-20(10-11-21(15)17)24-12-2-3-16-4-8-19(22)9-5-16/h4-5,8-11,13-14H,2-3,6-7,12H2,1H3. The third kappa shape index (κ3) is 3.73. The van der Waals surface area contributed by atoms with Crippen LogP contribution in [0.5, 0.6) is 5.75 Å². The molecule has 0 saturated heterocycles. The molecule has 0 heterocycles. The molecule has 124 valence electrons. The second-order valence-electron chi connectivity index (χ2n) is 6.17. The Morgan fingerprint density at radius 3 is 2.67 bits per heavy atom. The maximum atomic E-state index is 12.9. The lowest BCUT2D eigenvalue weighted by atomic mass is 9.87. The maximum absolute atomic E-state index is 12.9. The van der Waals surface area contributed by atoms with Crippen molar-refractivity contribution in [1.82, 2.24) is 0 Å². The van der Waals surface area contributed by atoms with Gasteiger partial charge in [0.25, 0.3) is 0 Å². The molecule has 24 heavy (non-hydrogen) atoms. The van der Waals surface area contributed by atoms with Gasteiger partial charge in [-0.05, 0) is 84.7 Å². The quantitative estimate of drug-likeness (QED) is 0.566. The van der Waals surface area contributed by atoms with E-state index in [0.29, 0.717) is 6.61 Å². The van der Waals surface area contributed by atoms with Crippen LogP contribution in [0.4, 0.5) is 4.39 Å². The predicted molar refractivity (Wildman–Crippen MR) is 93.6 cm³/mol. The highest BCUT2D eigenvalue weighted by molar-refractivity contribution is 5.89. The molecule has 0 radical (unpaired) electrons. The first kappa shape index (κ1) is 16.4.